The number of aromatic nitrogens is 1. The number of rotatable bonds is 4. The number of furan rings is 1. The van der Waals surface area contributed by atoms with E-state index in [0.29, 0.717) is 22.8 Å². The molecule has 0 aliphatic carbocycles. The molecule has 0 bridgehead atoms. The van der Waals surface area contributed by atoms with E-state index in [0.717, 1.165) is 16.7 Å². The van der Waals surface area contributed by atoms with Crippen molar-refractivity contribution >= 4 is 32.7 Å². The van der Waals surface area contributed by atoms with Crippen molar-refractivity contribution in [3.8, 4) is 0 Å². The number of halogens is 1. The van der Waals surface area contributed by atoms with E-state index in [1.165, 1.54) is 5.56 Å². The smallest absolute Gasteiger partial charge is 0.270 e. The number of hydrogen-bond acceptors (Lipinski definition) is 2. The molecule has 23 heavy (non-hydrogen) atoms. The Balaban J connectivity index is 1.82. The highest BCUT2D eigenvalue weighted by Crippen LogP contribution is 2.23. The van der Waals surface area contributed by atoms with Gasteiger partial charge in [0.15, 0.2) is 4.67 Å². The average Bonchev–Trinajstić information content (AvgIpc) is 3.11. The second kappa shape index (κ2) is 6.24. The van der Waals surface area contributed by atoms with Crippen molar-refractivity contribution in [2.24, 2.45) is 0 Å². The van der Waals surface area contributed by atoms with E-state index < -0.39 is 0 Å². The number of fused-ring (bicyclic) bond motifs is 1. The lowest BCUT2D eigenvalue weighted by Gasteiger charge is -2.14. The summed E-state index contributed by atoms with van der Waals surface area (Å²) in [5.41, 5.74) is 2.84. The van der Waals surface area contributed by atoms with E-state index in [4.69, 9.17) is 4.42 Å². The normalized spacial score (nSPS) is 11.3. The first kappa shape index (κ1) is 15.9. The van der Waals surface area contributed by atoms with Gasteiger partial charge >= 0.3 is 0 Å². The monoisotopic (exact) mass is 374 g/mol. The van der Waals surface area contributed by atoms with Gasteiger partial charge < -0.3 is 14.3 Å². The summed E-state index contributed by atoms with van der Waals surface area (Å²) in [6.07, 6.45) is 0. The lowest BCUT2D eigenvalue weighted by atomic mass is 10.0. The summed E-state index contributed by atoms with van der Waals surface area (Å²) in [6.45, 7) is 4.74. The van der Waals surface area contributed by atoms with Crippen molar-refractivity contribution in [2.75, 3.05) is 7.05 Å². The molecule has 0 saturated heterocycles. The van der Waals surface area contributed by atoms with E-state index in [2.05, 4.69) is 53.0 Å². The molecular weight excluding hydrogens is 356 g/mol. The quantitative estimate of drug-likeness (QED) is 0.704. The van der Waals surface area contributed by atoms with Gasteiger partial charge in [-0.3, -0.25) is 4.79 Å². The number of nitrogens with zero attached hydrogens (tertiary/aromatic N) is 1. The van der Waals surface area contributed by atoms with Crippen LogP contribution in [0.15, 0.2) is 45.5 Å². The van der Waals surface area contributed by atoms with Crippen molar-refractivity contribution in [2.45, 2.75) is 26.3 Å². The second-order valence-electron chi connectivity index (χ2n) is 6.05. The van der Waals surface area contributed by atoms with Crippen LogP contribution in [0.2, 0.25) is 0 Å². The Bertz CT molecular complexity index is 848. The van der Waals surface area contributed by atoms with Crippen LogP contribution in [0.5, 0.6) is 0 Å². The van der Waals surface area contributed by atoms with Crippen LogP contribution in [-0.2, 0) is 6.54 Å². The maximum absolute atomic E-state index is 12.6. The molecule has 1 amide bonds. The molecule has 0 unspecified atom stereocenters. The van der Waals surface area contributed by atoms with Crippen molar-refractivity contribution < 1.29 is 9.21 Å². The summed E-state index contributed by atoms with van der Waals surface area (Å²) in [6, 6.07) is 11.9. The SMILES string of the molecule is CC(C)c1ccc2cc(C(=O)N(C)Cc3ccc(Br)o3)[nH]c2c1. The lowest BCUT2D eigenvalue weighted by molar-refractivity contribution is 0.0770. The number of H-pyrrole nitrogens is 1. The molecule has 1 N–H and O–H groups in total. The molecular formula is C18H19BrN2O2. The Labute approximate surface area is 143 Å². The van der Waals surface area contributed by atoms with Crippen molar-refractivity contribution in [3.63, 3.8) is 0 Å². The van der Waals surface area contributed by atoms with E-state index in [-0.39, 0.29) is 5.91 Å². The largest absolute Gasteiger partial charge is 0.452 e. The first-order valence-electron chi connectivity index (χ1n) is 7.56. The minimum absolute atomic E-state index is 0.0557. The molecule has 0 aliphatic rings. The van der Waals surface area contributed by atoms with E-state index in [9.17, 15) is 4.79 Å². The molecule has 1 aromatic carbocycles. The third-order valence-electron chi connectivity index (χ3n) is 3.91. The van der Waals surface area contributed by atoms with E-state index in [1.54, 1.807) is 11.9 Å². The van der Waals surface area contributed by atoms with Crippen molar-refractivity contribution in [1.82, 2.24) is 9.88 Å². The standard InChI is InChI=1S/C18H19BrN2O2/c1-11(2)12-4-5-13-9-16(20-15(13)8-12)18(22)21(3)10-14-6-7-17(19)23-14/h4-9,11,20H,10H2,1-3H3. The van der Waals surface area contributed by atoms with Gasteiger partial charge in [-0.05, 0) is 51.7 Å². The molecule has 2 heterocycles. The van der Waals surface area contributed by atoms with Gasteiger partial charge in [-0.25, -0.2) is 0 Å². The highest BCUT2D eigenvalue weighted by atomic mass is 79.9. The topological polar surface area (TPSA) is 49.2 Å². The summed E-state index contributed by atoms with van der Waals surface area (Å²) < 4.78 is 6.12. The Hall–Kier alpha value is -2.01. The minimum atomic E-state index is -0.0557. The Morgan fingerprint density at radius 2 is 2.04 bits per heavy atom. The number of hydrogen-bond donors (Lipinski definition) is 1. The maximum Gasteiger partial charge on any atom is 0.270 e. The van der Waals surface area contributed by atoms with Crippen molar-refractivity contribution in [3.05, 3.63) is 58.1 Å². The molecule has 0 radical (unpaired) electrons. The number of carbonyl (C=O) groups excluding carboxylic acids is 1. The summed E-state index contributed by atoms with van der Waals surface area (Å²) in [7, 11) is 1.77. The molecule has 0 atom stereocenters. The molecule has 0 spiro atoms. The number of benzene rings is 1. The van der Waals surface area contributed by atoms with Gasteiger partial charge in [-0.2, -0.15) is 0 Å². The molecule has 2 aromatic heterocycles. The maximum atomic E-state index is 12.6. The minimum Gasteiger partial charge on any atom is -0.452 e. The zero-order valence-electron chi connectivity index (χ0n) is 13.4. The lowest BCUT2D eigenvalue weighted by Crippen LogP contribution is -2.26. The van der Waals surface area contributed by atoms with Gasteiger partial charge in [-0.15, -0.1) is 0 Å². The number of amides is 1. The third-order valence-corrected chi connectivity index (χ3v) is 4.34. The Morgan fingerprint density at radius 3 is 2.70 bits per heavy atom. The van der Waals surface area contributed by atoms with Crippen LogP contribution in [0.3, 0.4) is 0 Å². The first-order valence-corrected chi connectivity index (χ1v) is 8.35. The molecule has 0 aliphatic heterocycles. The molecule has 0 fully saturated rings. The molecule has 4 nitrogen and oxygen atoms in total. The Kier molecular flexibility index (Phi) is 4.31. The fourth-order valence-electron chi connectivity index (χ4n) is 2.57. The number of carbonyl (C=O) groups is 1. The predicted molar refractivity (Wildman–Crippen MR) is 94.6 cm³/mol. The van der Waals surface area contributed by atoms with Gasteiger partial charge in [0, 0.05) is 18.0 Å². The van der Waals surface area contributed by atoms with Gasteiger partial charge in [-0.1, -0.05) is 26.0 Å². The van der Waals surface area contributed by atoms with Crippen LogP contribution in [0, 0.1) is 0 Å². The van der Waals surface area contributed by atoms with Gasteiger partial charge in [0.2, 0.25) is 0 Å². The van der Waals surface area contributed by atoms with E-state index >= 15 is 0 Å². The fourth-order valence-corrected chi connectivity index (χ4v) is 2.91. The second-order valence-corrected chi connectivity index (χ2v) is 6.83. The van der Waals surface area contributed by atoms with Crippen molar-refractivity contribution in [1.29, 1.82) is 0 Å². The zero-order chi connectivity index (χ0) is 16.6. The van der Waals surface area contributed by atoms with Gasteiger partial charge in [0.25, 0.3) is 5.91 Å². The van der Waals surface area contributed by atoms with Gasteiger partial charge in [0.05, 0.1) is 6.54 Å². The zero-order valence-corrected chi connectivity index (χ0v) is 15.0. The molecule has 0 saturated carbocycles. The van der Waals surface area contributed by atoms with Crippen LogP contribution in [0.4, 0.5) is 0 Å². The molecule has 3 aromatic rings. The molecule has 120 valence electrons. The van der Waals surface area contributed by atoms with Crippen LogP contribution in [-0.4, -0.2) is 22.8 Å². The molecule has 3 rings (SSSR count). The van der Waals surface area contributed by atoms with Crippen LogP contribution in [0.1, 0.15) is 41.6 Å². The first-order chi connectivity index (χ1) is 10.9. The van der Waals surface area contributed by atoms with Crippen LogP contribution in [0.25, 0.3) is 10.9 Å². The van der Waals surface area contributed by atoms with E-state index in [1.807, 2.05) is 18.2 Å². The number of nitrogens with one attached hydrogen (secondary N) is 1. The summed E-state index contributed by atoms with van der Waals surface area (Å²) in [5, 5.41) is 1.05. The van der Waals surface area contributed by atoms with Crippen LogP contribution < -0.4 is 0 Å². The number of aromatic amines is 1. The highest BCUT2D eigenvalue weighted by Gasteiger charge is 2.16. The molecule has 5 heteroatoms. The summed E-state index contributed by atoms with van der Waals surface area (Å²) in [5.74, 6) is 1.15. The summed E-state index contributed by atoms with van der Waals surface area (Å²) >= 11 is 3.27. The third kappa shape index (κ3) is 3.34. The van der Waals surface area contributed by atoms with Gasteiger partial charge in [0.1, 0.15) is 11.5 Å². The fraction of sp³-hybridized carbons (Fsp3) is 0.278. The van der Waals surface area contributed by atoms with Crippen LogP contribution >= 0.6 is 15.9 Å². The highest BCUT2D eigenvalue weighted by molar-refractivity contribution is 9.10. The Morgan fingerprint density at radius 1 is 1.26 bits per heavy atom. The predicted octanol–water partition coefficient (Wildman–Crippen LogP) is 4.92. The average molecular weight is 375 g/mol. The summed E-state index contributed by atoms with van der Waals surface area (Å²) in [4.78, 5) is 17.5.